The van der Waals surface area contributed by atoms with E-state index in [-0.39, 0.29) is 24.6 Å². The van der Waals surface area contributed by atoms with Gasteiger partial charge in [-0.3, -0.25) is 19.4 Å². The summed E-state index contributed by atoms with van der Waals surface area (Å²) in [5.41, 5.74) is -1.64. The Labute approximate surface area is 107 Å². The van der Waals surface area contributed by atoms with Gasteiger partial charge in [-0.25, -0.2) is 4.79 Å². The maximum atomic E-state index is 12.2. The molecule has 0 unspecified atom stereocenters. The Hall–Kier alpha value is -2.38. The number of aromatic amines is 2. The molecule has 1 amide bonds. The fourth-order valence-electron chi connectivity index (χ4n) is 1.78. The number of amides is 1. The van der Waals surface area contributed by atoms with Crippen molar-refractivity contribution >= 4 is 11.9 Å². The highest BCUT2D eigenvalue weighted by Gasteiger charge is 2.34. The molecular weight excluding hydrogens is 254 g/mol. The number of carbonyl (C=O) groups excluding carboxylic acids is 1. The third-order valence-corrected chi connectivity index (χ3v) is 2.86. The Balaban J connectivity index is 2.21. The number of nitrogens with one attached hydrogen (secondary N) is 2. The highest BCUT2D eigenvalue weighted by atomic mass is 16.4. The average Bonchev–Trinajstić information content (AvgIpc) is 3.13. The van der Waals surface area contributed by atoms with Crippen LogP contribution < -0.4 is 11.2 Å². The van der Waals surface area contributed by atoms with Crippen LogP contribution >= 0.6 is 0 Å². The molecule has 3 N–H and O–H groups in total. The molecule has 1 heterocycles. The number of nitrogens with zero attached hydrogens (tertiary/aromatic N) is 1. The van der Waals surface area contributed by atoms with Gasteiger partial charge in [0.25, 0.3) is 11.5 Å². The van der Waals surface area contributed by atoms with Gasteiger partial charge >= 0.3 is 11.7 Å². The highest BCUT2D eigenvalue weighted by Crippen LogP contribution is 2.27. The lowest BCUT2D eigenvalue weighted by molar-refractivity contribution is -0.137. The third-order valence-electron chi connectivity index (χ3n) is 2.86. The van der Waals surface area contributed by atoms with Crippen LogP contribution in [0.25, 0.3) is 0 Å². The van der Waals surface area contributed by atoms with E-state index < -0.39 is 23.1 Å². The Morgan fingerprint density at radius 2 is 2.05 bits per heavy atom. The molecule has 0 aromatic carbocycles. The number of H-pyrrole nitrogens is 2. The number of carboxylic acid groups (broad SMARTS) is 1. The minimum atomic E-state index is -1.01. The first kappa shape index (κ1) is 13.1. The van der Waals surface area contributed by atoms with Gasteiger partial charge in [-0.05, 0) is 12.8 Å². The number of aliphatic carboxylic acids is 1. The van der Waals surface area contributed by atoms with Gasteiger partial charge in [0, 0.05) is 18.8 Å². The number of carboxylic acids is 1. The van der Waals surface area contributed by atoms with E-state index in [9.17, 15) is 19.2 Å². The topological polar surface area (TPSA) is 123 Å². The molecule has 2 rings (SSSR count). The van der Waals surface area contributed by atoms with Gasteiger partial charge in [0.1, 0.15) is 5.56 Å². The summed E-state index contributed by atoms with van der Waals surface area (Å²) in [5.74, 6) is -1.56. The Morgan fingerprint density at radius 3 is 2.58 bits per heavy atom. The molecule has 1 aromatic rings. The number of hydrogen-bond donors (Lipinski definition) is 3. The van der Waals surface area contributed by atoms with E-state index in [1.165, 1.54) is 4.90 Å². The normalized spacial score (nSPS) is 14.1. The zero-order chi connectivity index (χ0) is 14.0. The van der Waals surface area contributed by atoms with Gasteiger partial charge in [-0.15, -0.1) is 0 Å². The van der Waals surface area contributed by atoms with Crippen molar-refractivity contribution in [3.63, 3.8) is 0 Å². The molecule has 0 bridgehead atoms. The lowest BCUT2D eigenvalue weighted by Crippen LogP contribution is -2.39. The molecular formula is C11H13N3O5. The first-order valence-corrected chi connectivity index (χ1v) is 5.84. The maximum absolute atomic E-state index is 12.2. The van der Waals surface area contributed by atoms with Crippen molar-refractivity contribution in [3.05, 3.63) is 32.6 Å². The van der Waals surface area contributed by atoms with Gasteiger partial charge in [-0.1, -0.05) is 0 Å². The van der Waals surface area contributed by atoms with E-state index in [0.717, 1.165) is 19.0 Å². The lowest BCUT2D eigenvalue weighted by Gasteiger charge is -2.20. The molecule has 102 valence electrons. The van der Waals surface area contributed by atoms with E-state index in [1.807, 2.05) is 4.98 Å². The van der Waals surface area contributed by atoms with Crippen molar-refractivity contribution < 1.29 is 14.7 Å². The summed E-state index contributed by atoms with van der Waals surface area (Å²) in [7, 11) is 0. The van der Waals surface area contributed by atoms with Crippen LogP contribution in [0.2, 0.25) is 0 Å². The predicted molar refractivity (Wildman–Crippen MR) is 64.0 cm³/mol. The van der Waals surface area contributed by atoms with E-state index in [1.54, 1.807) is 0 Å². The molecule has 1 saturated carbocycles. The summed E-state index contributed by atoms with van der Waals surface area (Å²) < 4.78 is 0. The number of hydrogen-bond acceptors (Lipinski definition) is 4. The van der Waals surface area contributed by atoms with Crippen LogP contribution in [0.15, 0.2) is 15.8 Å². The molecule has 1 fully saturated rings. The second-order valence-corrected chi connectivity index (χ2v) is 4.36. The highest BCUT2D eigenvalue weighted by molar-refractivity contribution is 5.94. The fraction of sp³-hybridized carbons (Fsp3) is 0.455. The molecule has 8 nitrogen and oxygen atoms in total. The van der Waals surface area contributed by atoms with Crippen LogP contribution in [0.3, 0.4) is 0 Å². The second-order valence-electron chi connectivity index (χ2n) is 4.36. The van der Waals surface area contributed by atoms with Crippen molar-refractivity contribution in [2.24, 2.45) is 0 Å². The van der Waals surface area contributed by atoms with Crippen LogP contribution in [0.1, 0.15) is 29.6 Å². The zero-order valence-corrected chi connectivity index (χ0v) is 10.0. The summed E-state index contributed by atoms with van der Waals surface area (Å²) in [6, 6.07) is -0.0156. The van der Waals surface area contributed by atoms with Crippen molar-refractivity contribution in [2.75, 3.05) is 6.54 Å². The Bertz CT molecular complexity index is 613. The number of carbonyl (C=O) groups is 2. The molecule has 8 heteroatoms. The number of aromatic nitrogens is 2. The lowest BCUT2D eigenvalue weighted by atomic mass is 10.2. The number of rotatable bonds is 5. The molecule has 0 spiro atoms. The summed E-state index contributed by atoms with van der Waals surface area (Å²) in [4.78, 5) is 50.7. The summed E-state index contributed by atoms with van der Waals surface area (Å²) in [6.07, 6.45) is 2.47. The zero-order valence-electron chi connectivity index (χ0n) is 10.0. The van der Waals surface area contributed by atoms with Gasteiger partial charge in [0.15, 0.2) is 0 Å². The molecule has 19 heavy (non-hydrogen) atoms. The average molecular weight is 267 g/mol. The first-order valence-electron chi connectivity index (χ1n) is 5.84. The van der Waals surface area contributed by atoms with E-state index in [0.29, 0.717) is 0 Å². The molecule has 1 aromatic heterocycles. The summed E-state index contributed by atoms with van der Waals surface area (Å²) >= 11 is 0. The van der Waals surface area contributed by atoms with Crippen LogP contribution in [-0.2, 0) is 4.79 Å². The van der Waals surface area contributed by atoms with E-state index in [4.69, 9.17) is 5.11 Å². The van der Waals surface area contributed by atoms with Gasteiger partial charge in [0.05, 0.1) is 6.42 Å². The molecule has 0 aliphatic heterocycles. The van der Waals surface area contributed by atoms with Gasteiger partial charge < -0.3 is 15.0 Å². The van der Waals surface area contributed by atoms with Crippen LogP contribution in [-0.4, -0.2) is 44.4 Å². The minimum Gasteiger partial charge on any atom is -0.481 e. The Kier molecular flexibility index (Phi) is 3.50. The van der Waals surface area contributed by atoms with Gasteiger partial charge in [0.2, 0.25) is 0 Å². The monoisotopic (exact) mass is 267 g/mol. The van der Waals surface area contributed by atoms with E-state index >= 15 is 0 Å². The van der Waals surface area contributed by atoms with Crippen molar-refractivity contribution in [1.82, 2.24) is 14.9 Å². The van der Waals surface area contributed by atoms with Crippen molar-refractivity contribution in [1.29, 1.82) is 0 Å². The summed E-state index contributed by atoms with van der Waals surface area (Å²) in [5, 5.41) is 8.65. The fourth-order valence-corrected chi connectivity index (χ4v) is 1.78. The molecule has 1 aliphatic carbocycles. The quantitative estimate of drug-likeness (QED) is 0.640. The van der Waals surface area contributed by atoms with Crippen LogP contribution in [0.4, 0.5) is 0 Å². The Morgan fingerprint density at radius 1 is 1.37 bits per heavy atom. The van der Waals surface area contributed by atoms with Crippen LogP contribution in [0.5, 0.6) is 0 Å². The van der Waals surface area contributed by atoms with Crippen LogP contribution in [0, 0.1) is 0 Å². The molecule has 0 atom stereocenters. The predicted octanol–water partition coefficient (Wildman–Crippen LogP) is -0.857. The molecule has 0 radical (unpaired) electrons. The smallest absolute Gasteiger partial charge is 0.325 e. The van der Waals surface area contributed by atoms with Crippen molar-refractivity contribution in [3.8, 4) is 0 Å². The standard InChI is InChI=1S/C11H13N3O5/c15-8(16)3-4-14(6-1-2-6)10(18)7-5-12-11(19)13-9(7)17/h5-6H,1-4H2,(H,15,16)(H2,12,13,17,19). The molecule has 1 aliphatic rings. The van der Waals surface area contributed by atoms with Crippen molar-refractivity contribution in [2.45, 2.75) is 25.3 Å². The summed E-state index contributed by atoms with van der Waals surface area (Å²) in [6.45, 7) is 0.0530. The van der Waals surface area contributed by atoms with Gasteiger partial charge in [-0.2, -0.15) is 0 Å². The third kappa shape index (κ3) is 3.09. The first-order chi connectivity index (χ1) is 8.99. The maximum Gasteiger partial charge on any atom is 0.325 e. The molecule has 0 saturated heterocycles. The largest absolute Gasteiger partial charge is 0.481 e. The second kappa shape index (κ2) is 5.09. The SMILES string of the molecule is O=C(O)CCN(C(=O)c1c[nH]c(=O)[nH]c1=O)C1CC1. The minimum absolute atomic E-state index is 0.0156. The van der Waals surface area contributed by atoms with E-state index in [2.05, 4.69) is 4.98 Å².